The average Bonchev–Trinajstić information content (AvgIpc) is 1.66. The molecule has 0 heterocycles. The molecule has 0 aliphatic carbocycles. The lowest BCUT2D eigenvalue weighted by atomic mass is 10.5. The van der Waals surface area contributed by atoms with E-state index in [1.165, 1.54) is 0 Å². The van der Waals surface area contributed by atoms with Crippen molar-refractivity contribution in [3.8, 4) is 0 Å². The monoisotopic (exact) mass is 157 g/mol. The van der Waals surface area contributed by atoms with Gasteiger partial charge in [0.1, 0.15) is 0 Å². The molecule has 8 heavy (non-hydrogen) atoms. The third-order valence-corrected chi connectivity index (χ3v) is 1.08. The predicted octanol–water partition coefficient (Wildman–Crippen LogP) is 0.426. The number of alkyl halides is 1. The van der Waals surface area contributed by atoms with Crippen LogP contribution in [0.15, 0.2) is 0 Å². The van der Waals surface area contributed by atoms with E-state index in [0.717, 1.165) is 0 Å². The fourth-order valence-corrected chi connectivity index (χ4v) is 0.545. The quantitative estimate of drug-likeness (QED) is 0.338. The zero-order valence-electron chi connectivity index (χ0n) is 4.13. The third-order valence-electron chi connectivity index (χ3n) is 0.458. The van der Waals surface area contributed by atoms with E-state index < -0.39 is 11.4 Å². The van der Waals surface area contributed by atoms with Crippen LogP contribution in [0.25, 0.3) is 0 Å². The summed E-state index contributed by atoms with van der Waals surface area (Å²) in [5, 5.41) is 0. The molecule has 1 atom stereocenters. The summed E-state index contributed by atoms with van der Waals surface area (Å²) in [4.78, 5) is 0. The maximum absolute atomic E-state index is 9.61. The summed E-state index contributed by atoms with van der Waals surface area (Å²) in [6.45, 7) is 0.180. The summed E-state index contributed by atoms with van der Waals surface area (Å²) in [6.07, 6.45) is 0.565. The first-order valence-corrected chi connectivity index (χ1v) is 3.59. The highest BCUT2D eigenvalue weighted by Gasteiger charge is 1.83. The SMILES string of the molecule is O=S([O-])OCCCCl. The molecular formula is C3H6ClO3S-. The molecule has 0 aliphatic heterocycles. The Balaban J connectivity index is 2.82. The molecule has 1 unspecified atom stereocenters. The van der Waals surface area contributed by atoms with Crippen LogP contribution in [0.1, 0.15) is 6.42 Å². The predicted molar refractivity (Wildman–Crippen MR) is 30.2 cm³/mol. The van der Waals surface area contributed by atoms with Crippen LogP contribution in [0.4, 0.5) is 0 Å². The van der Waals surface area contributed by atoms with Gasteiger partial charge in [-0.3, -0.25) is 0 Å². The standard InChI is InChI=1S/C3H7ClO3S/c4-2-1-3-7-8(5)6/h1-3H2,(H,5,6)/p-1. The number of rotatable bonds is 4. The Morgan fingerprint density at radius 2 is 2.38 bits per heavy atom. The number of hydrogen-bond acceptors (Lipinski definition) is 3. The van der Waals surface area contributed by atoms with Gasteiger partial charge in [0.15, 0.2) is 0 Å². The Morgan fingerprint density at radius 1 is 1.75 bits per heavy atom. The van der Waals surface area contributed by atoms with Gasteiger partial charge in [-0.25, -0.2) is 4.21 Å². The first-order valence-electron chi connectivity index (χ1n) is 2.06. The fourth-order valence-electron chi connectivity index (χ4n) is 0.182. The minimum absolute atomic E-state index is 0.180. The van der Waals surface area contributed by atoms with Crippen LogP contribution in [0, 0.1) is 0 Å². The smallest absolute Gasteiger partial charge is 0.0842 e. The van der Waals surface area contributed by atoms with Crippen molar-refractivity contribution in [3.05, 3.63) is 0 Å². The van der Waals surface area contributed by atoms with Gasteiger partial charge in [-0.05, 0) is 6.42 Å². The molecule has 0 saturated carbocycles. The Kier molecular flexibility index (Phi) is 5.74. The Hall–Kier alpha value is 0.360. The molecule has 0 bridgehead atoms. The second kappa shape index (κ2) is 5.50. The summed E-state index contributed by atoms with van der Waals surface area (Å²) in [5.74, 6) is 0.428. The fraction of sp³-hybridized carbons (Fsp3) is 1.00. The Bertz CT molecular complexity index is 76.9. The van der Waals surface area contributed by atoms with E-state index in [1.54, 1.807) is 0 Å². The minimum atomic E-state index is -2.38. The van der Waals surface area contributed by atoms with Gasteiger partial charge in [0.2, 0.25) is 0 Å². The van der Waals surface area contributed by atoms with Crippen molar-refractivity contribution in [3.63, 3.8) is 0 Å². The van der Waals surface area contributed by atoms with E-state index in [4.69, 9.17) is 11.6 Å². The van der Waals surface area contributed by atoms with E-state index in [1.807, 2.05) is 0 Å². The molecule has 50 valence electrons. The van der Waals surface area contributed by atoms with Crippen molar-refractivity contribution in [2.24, 2.45) is 0 Å². The Morgan fingerprint density at radius 3 is 2.75 bits per heavy atom. The lowest BCUT2D eigenvalue weighted by molar-refractivity contribution is 0.301. The normalized spacial score (nSPS) is 13.8. The summed E-state index contributed by atoms with van der Waals surface area (Å²) in [5.41, 5.74) is 0. The topological polar surface area (TPSA) is 49.4 Å². The van der Waals surface area contributed by atoms with Crippen molar-refractivity contribution in [1.29, 1.82) is 0 Å². The molecule has 0 aromatic rings. The maximum Gasteiger partial charge on any atom is 0.0842 e. The van der Waals surface area contributed by atoms with E-state index >= 15 is 0 Å². The first-order chi connectivity index (χ1) is 3.77. The molecular weight excluding hydrogens is 152 g/mol. The molecule has 0 N–H and O–H groups in total. The van der Waals surface area contributed by atoms with E-state index in [0.29, 0.717) is 12.3 Å². The van der Waals surface area contributed by atoms with Crippen molar-refractivity contribution in [1.82, 2.24) is 0 Å². The van der Waals surface area contributed by atoms with Gasteiger partial charge in [0.05, 0.1) is 18.0 Å². The summed E-state index contributed by atoms with van der Waals surface area (Å²) >= 11 is 2.83. The lowest BCUT2D eigenvalue weighted by Crippen LogP contribution is -1.97. The molecule has 0 spiro atoms. The second-order valence-electron chi connectivity index (χ2n) is 1.07. The van der Waals surface area contributed by atoms with E-state index in [9.17, 15) is 8.76 Å². The molecule has 0 aromatic heterocycles. The average molecular weight is 158 g/mol. The molecule has 0 fully saturated rings. The highest BCUT2D eigenvalue weighted by atomic mass is 35.5. The second-order valence-corrected chi connectivity index (χ2v) is 2.09. The minimum Gasteiger partial charge on any atom is -0.750 e. The van der Waals surface area contributed by atoms with Gasteiger partial charge in [-0.2, -0.15) is 0 Å². The van der Waals surface area contributed by atoms with Crippen LogP contribution in [-0.2, 0) is 15.5 Å². The number of hydrogen-bond donors (Lipinski definition) is 0. The molecule has 3 nitrogen and oxygen atoms in total. The van der Waals surface area contributed by atoms with Gasteiger partial charge in [-0.1, -0.05) is 0 Å². The van der Waals surface area contributed by atoms with Crippen molar-refractivity contribution in [2.75, 3.05) is 12.5 Å². The summed E-state index contributed by atoms with van der Waals surface area (Å²) in [7, 11) is 0. The number of halogens is 1. The highest BCUT2D eigenvalue weighted by Crippen LogP contribution is 1.86. The van der Waals surface area contributed by atoms with Gasteiger partial charge in [0.25, 0.3) is 0 Å². The van der Waals surface area contributed by atoms with Crippen molar-refractivity contribution >= 4 is 23.0 Å². The van der Waals surface area contributed by atoms with Crippen LogP contribution in [0.5, 0.6) is 0 Å². The molecule has 0 aromatic carbocycles. The van der Waals surface area contributed by atoms with E-state index in [2.05, 4.69) is 4.18 Å². The maximum atomic E-state index is 9.61. The summed E-state index contributed by atoms with van der Waals surface area (Å²) < 4.78 is 23.3. The van der Waals surface area contributed by atoms with Crippen LogP contribution in [0.3, 0.4) is 0 Å². The largest absolute Gasteiger partial charge is 0.750 e. The molecule has 0 saturated heterocycles. The van der Waals surface area contributed by atoms with Gasteiger partial charge in [-0.15, -0.1) is 11.6 Å². The lowest BCUT2D eigenvalue weighted by Gasteiger charge is -2.02. The molecule has 0 rings (SSSR count). The van der Waals surface area contributed by atoms with Crippen molar-refractivity contribution < 1.29 is 12.9 Å². The van der Waals surface area contributed by atoms with Gasteiger partial charge >= 0.3 is 0 Å². The van der Waals surface area contributed by atoms with Crippen LogP contribution < -0.4 is 0 Å². The zero-order valence-corrected chi connectivity index (χ0v) is 5.70. The van der Waals surface area contributed by atoms with Gasteiger partial charge < -0.3 is 8.74 Å². The van der Waals surface area contributed by atoms with Crippen LogP contribution in [0.2, 0.25) is 0 Å². The van der Waals surface area contributed by atoms with Crippen LogP contribution >= 0.6 is 11.6 Å². The third kappa shape index (κ3) is 6.36. The molecule has 5 heteroatoms. The highest BCUT2D eigenvalue weighted by molar-refractivity contribution is 7.74. The van der Waals surface area contributed by atoms with Gasteiger partial charge in [0, 0.05) is 5.88 Å². The molecule has 0 radical (unpaired) electrons. The van der Waals surface area contributed by atoms with E-state index in [-0.39, 0.29) is 6.61 Å². The first kappa shape index (κ1) is 8.36. The molecule has 0 aliphatic rings. The Labute approximate surface area is 55.5 Å². The van der Waals surface area contributed by atoms with Crippen LogP contribution in [-0.4, -0.2) is 21.2 Å². The molecule has 0 amide bonds. The summed E-state index contributed by atoms with van der Waals surface area (Å²) in [6, 6.07) is 0. The van der Waals surface area contributed by atoms with Crippen molar-refractivity contribution in [2.45, 2.75) is 6.42 Å². The zero-order chi connectivity index (χ0) is 6.41.